The van der Waals surface area contributed by atoms with Crippen LogP contribution in [0.1, 0.15) is 40.3 Å². The van der Waals surface area contributed by atoms with Gasteiger partial charge < -0.3 is 9.84 Å². The SMILES string of the molecule is CC(NC(=O)c1cc(C(F)(F)F)cc(C(F)(F)F)c1)c1nc(-c2ncno2)nn1-c1ncccn1. The summed E-state index contributed by atoms with van der Waals surface area (Å²) < 4.78 is 84.9. The summed E-state index contributed by atoms with van der Waals surface area (Å²) in [6.45, 7) is 1.39. The fraction of sp³-hybridized carbons (Fsp3) is 0.211. The van der Waals surface area contributed by atoms with Gasteiger partial charge in [0.25, 0.3) is 17.7 Å². The number of carbonyl (C=O) groups excluding carboxylic acids is 1. The van der Waals surface area contributed by atoms with E-state index in [1.54, 1.807) is 0 Å². The Morgan fingerprint density at radius 2 is 1.63 bits per heavy atom. The lowest BCUT2D eigenvalue weighted by Gasteiger charge is -2.16. The zero-order valence-corrected chi connectivity index (χ0v) is 17.3. The normalized spacial score (nSPS) is 13.0. The molecule has 1 aromatic carbocycles. The molecule has 35 heavy (non-hydrogen) atoms. The number of halogens is 6. The maximum absolute atomic E-state index is 13.2. The molecule has 3 heterocycles. The van der Waals surface area contributed by atoms with Gasteiger partial charge in [-0.15, -0.1) is 5.10 Å². The van der Waals surface area contributed by atoms with Crippen LogP contribution in [0.25, 0.3) is 17.7 Å². The molecule has 1 atom stereocenters. The zero-order valence-electron chi connectivity index (χ0n) is 17.3. The van der Waals surface area contributed by atoms with Crippen LogP contribution in [0.5, 0.6) is 0 Å². The summed E-state index contributed by atoms with van der Waals surface area (Å²) >= 11 is 0. The molecule has 10 nitrogen and oxygen atoms in total. The summed E-state index contributed by atoms with van der Waals surface area (Å²) in [5.74, 6) is -1.38. The summed E-state index contributed by atoms with van der Waals surface area (Å²) in [6, 6.07) is 1.02. The molecule has 0 saturated carbocycles. The summed E-state index contributed by atoms with van der Waals surface area (Å²) in [7, 11) is 0. The van der Waals surface area contributed by atoms with Crippen LogP contribution in [0.3, 0.4) is 0 Å². The third-order valence-corrected chi connectivity index (χ3v) is 4.51. The van der Waals surface area contributed by atoms with Gasteiger partial charge in [-0.3, -0.25) is 4.79 Å². The van der Waals surface area contributed by atoms with Crippen molar-refractivity contribution in [1.82, 2.24) is 40.2 Å². The number of nitrogens with zero attached hydrogens (tertiary/aromatic N) is 7. The molecular weight excluding hydrogens is 486 g/mol. The number of aromatic nitrogens is 7. The second-order valence-corrected chi connectivity index (χ2v) is 6.99. The Hall–Kier alpha value is -4.37. The fourth-order valence-electron chi connectivity index (χ4n) is 2.94. The molecule has 1 amide bonds. The molecule has 0 saturated heterocycles. The van der Waals surface area contributed by atoms with E-state index in [4.69, 9.17) is 4.52 Å². The van der Waals surface area contributed by atoms with E-state index < -0.39 is 41.0 Å². The minimum Gasteiger partial charge on any atom is -0.342 e. The number of carbonyl (C=O) groups is 1. The van der Waals surface area contributed by atoms with E-state index >= 15 is 0 Å². The van der Waals surface area contributed by atoms with Gasteiger partial charge in [0.15, 0.2) is 12.2 Å². The smallest absolute Gasteiger partial charge is 0.342 e. The lowest BCUT2D eigenvalue weighted by Crippen LogP contribution is -2.29. The summed E-state index contributed by atoms with van der Waals surface area (Å²) in [4.78, 5) is 28.7. The standard InChI is InChI=1S/C19H12F6N8O2/c1-9(30-15(34)10-5-11(18(20,21)22)7-12(6-10)19(23,24)25)14-31-13(16-28-8-29-35-16)32-33(14)17-26-3-2-4-27-17/h2-9H,1H3,(H,30,34). The summed E-state index contributed by atoms with van der Waals surface area (Å²) in [5.41, 5.74) is -4.09. The number of hydrogen-bond donors (Lipinski definition) is 1. The van der Waals surface area contributed by atoms with Crippen molar-refractivity contribution < 1.29 is 35.7 Å². The third kappa shape index (κ3) is 5.10. The van der Waals surface area contributed by atoms with E-state index in [0.29, 0.717) is 12.1 Å². The molecule has 4 aromatic rings. The fourth-order valence-corrected chi connectivity index (χ4v) is 2.94. The van der Waals surface area contributed by atoms with Crippen LogP contribution < -0.4 is 5.32 Å². The summed E-state index contributed by atoms with van der Waals surface area (Å²) in [6.07, 6.45) is -6.33. The Labute approximate surface area is 191 Å². The number of benzene rings is 1. The molecule has 16 heteroatoms. The van der Waals surface area contributed by atoms with Gasteiger partial charge in [0, 0.05) is 18.0 Å². The van der Waals surface area contributed by atoms with Crippen LogP contribution in [0, 0.1) is 0 Å². The molecule has 3 aromatic heterocycles. The highest BCUT2D eigenvalue weighted by Crippen LogP contribution is 2.36. The number of nitrogens with one attached hydrogen (secondary N) is 1. The van der Waals surface area contributed by atoms with Gasteiger partial charge in [0.2, 0.25) is 5.82 Å². The van der Waals surface area contributed by atoms with Crippen LogP contribution in [-0.4, -0.2) is 40.8 Å². The third-order valence-electron chi connectivity index (χ3n) is 4.51. The first-order valence-electron chi connectivity index (χ1n) is 9.55. The van der Waals surface area contributed by atoms with E-state index in [-0.39, 0.29) is 29.6 Å². The molecule has 0 radical (unpaired) electrons. The molecule has 0 spiro atoms. The van der Waals surface area contributed by atoms with Gasteiger partial charge in [-0.1, -0.05) is 5.16 Å². The van der Waals surface area contributed by atoms with Crippen molar-refractivity contribution in [1.29, 1.82) is 0 Å². The van der Waals surface area contributed by atoms with Crippen molar-refractivity contribution in [2.45, 2.75) is 25.3 Å². The lowest BCUT2D eigenvalue weighted by molar-refractivity contribution is -0.143. The predicted molar refractivity (Wildman–Crippen MR) is 103 cm³/mol. The van der Waals surface area contributed by atoms with Crippen molar-refractivity contribution in [3.05, 3.63) is 65.5 Å². The molecular formula is C19H12F6N8O2. The van der Waals surface area contributed by atoms with Crippen LogP contribution in [0.15, 0.2) is 47.5 Å². The van der Waals surface area contributed by atoms with E-state index in [0.717, 1.165) is 11.0 Å². The Bertz CT molecular complexity index is 1300. The van der Waals surface area contributed by atoms with Gasteiger partial charge in [-0.05, 0) is 31.2 Å². The molecule has 1 N–H and O–H groups in total. The first kappa shape index (κ1) is 23.8. The monoisotopic (exact) mass is 498 g/mol. The van der Waals surface area contributed by atoms with Gasteiger partial charge in [0.1, 0.15) is 0 Å². The van der Waals surface area contributed by atoms with Crippen molar-refractivity contribution in [3.63, 3.8) is 0 Å². The first-order valence-corrected chi connectivity index (χ1v) is 9.55. The van der Waals surface area contributed by atoms with Crippen molar-refractivity contribution in [3.8, 4) is 17.7 Å². The highest BCUT2D eigenvalue weighted by molar-refractivity contribution is 5.94. The minimum absolute atomic E-state index is 0.0132. The summed E-state index contributed by atoms with van der Waals surface area (Å²) in [5, 5.41) is 9.91. The number of alkyl halides is 6. The van der Waals surface area contributed by atoms with E-state index in [1.807, 2.05) is 0 Å². The second-order valence-electron chi connectivity index (χ2n) is 6.99. The molecule has 0 aliphatic carbocycles. The maximum Gasteiger partial charge on any atom is 0.416 e. The highest BCUT2D eigenvalue weighted by atomic mass is 19.4. The Morgan fingerprint density at radius 1 is 1.00 bits per heavy atom. The van der Waals surface area contributed by atoms with Crippen LogP contribution in [-0.2, 0) is 12.4 Å². The maximum atomic E-state index is 13.2. The molecule has 1 unspecified atom stereocenters. The lowest BCUT2D eigenvalue weighted by atomic mass is 10.0. The quantitative estimate of drug-likeness (QED) is 0.414. The molecule has 0 aliphatic rings. The molecule has 0 bridgehead atoms. The molecule has 182 valence electrons. The van der Waals surface area contributed by atoms with Crippen LogP contribution in [0.4, 0.5) is 26.3 Å². The number of amides is 1. The number of rotatable bonds is 5. The number of hydrogen-bond acceptors (Lipinski definition) is 8. The Balaban J connectivity index is 1.70. The van der Waals surface area contributed by atoms with E-state index in [2.05, 4.69) is 35.5 Å². The minimum atomic E-state index is -5.11. The highest BCUT2D eigenvalue weighted by Gasteiger charge is 2.37. The second kappa shape index (κ2) is 8.77. The average Bonchev–Trinajstić information content (AvgIpc) is 3.48. The predicted octanol–water partition coefficient (Wildman–Crippen LogP) is 3.64. The largest absolute Gasteiger partial charge is 0.416 e. The van der Waals surface area contributed by atoms with Crippen LogP contribution in [0.2, 0.25) is 0 Å². The Kier molecular flexibility index (Phi) is 5.96. The van der Waals surface area contributed by atoms with Gasteiger partial charge in [-0.2, -0.15) is 36.0 Å². The topological polar surface area (TPSA) is 125 Å². The van der Waals surface area contributed by atoms with E-state index in [9.17, 15) is 31.1 Å². The molecule has 0 fully saturated rings. The van der Waals surface area contributed by atoms with Crippen LogP contribution >= 0.6 is 0 Å². The average molecular weight is 498 g/mol. The van der Waals surface area contributed by atoms with Gasteiger partial charge in [0.05, 0.1) is 17.2 Å². The van der Waals surface area contributed by atoms with Gasteiger partial charge in [-0.25, -0.2) is 15.0 Å². The Morgan fingerprint density at radius 3 is 2.17 bits per heavy atom. The molecule has 4 rings (SSSR count). The van der Waals surface area contributed by atoms with E-state index in [1.165, 1.54) is 25.4 Å². The van der Waals surface area contributed by atoms with Crippen molar-refractivity contribution in [2.24, 2.45) is 0 Å². The van der Waals surface area contributed by atoms with Gasteiger partial charge >= 0.3 is 12.4 Å². The zero-order chi connectivity index (χ0) is 25.4. The molecule has 0 aliphatic heterocycles. The van der Waals surface area contributed by atoms with Crippen molar-refractivity contribution in [2.75, 3.05) is 0 Å². The van der Waals surface area contributed by atoms with Crippen molar-refractivity contribution >= 4 is 5.91 Å². The first-order chi connectivity index (χ1) is 16.4.